The molecule has 27 nitrogen and oxygen atoms in total. The van der Waals surface area contributed by atoms with Gasteiger partial charge in [-0.1, -0.05) is 0 Å². The molecule has 4 fully saturated rings. The SMILES string of the molecule is CC(=O)N[C@H]1[C@H](O[C@H]2[C@H](O)[C@@H](NC(C)=O)[C@H](O[C@H]3[C@H](O)[C@@H](NC(C)=O)C(O)O[C@@H]3COS(=O)(=O)[O-])O[C@@H]2CO)O[C@H](CO)[C@@H](O[C@@H]2O[C@H](CO)[C@@H](O)[C@H](O)[C@H]2N)[C@@H]1O.[Na+]. The van der Waals surface area contributed by atoms with Crippen molar-refractivity contribution in [1.29, 1.82) is 0 Å². The number of amides is 3. The van der Waals surface area contributed by atoms with Crippen molar-refractivity contribution < 1.29 is 140 Å². The predicted octanol–water partition coefficient (Wildman–Crippen LogP) is -12.9. The molecular weight excluding hydrogens is 839 g/mol. The number of carbonyl (C=O) groups is 3. The van der Waals surface area contributed by atoms with Crippen molar-refractivity contribution in [3.8, 4) is 0 Å². The molecule has 4 heterocycles. The zero-order valence-corrected chi connectivity index (χ0v) is 34.9. The van der Waals surface area contributed by atoms with Gasteiger partial charge in [-0.05, 0) is 0 Å². The summed E-state index contributed by atoms with van der Waals surface area (Å²) in [4.78, 5) is 36.5. The molecule has 0 radical (unpaired) electrons. The monoisotopic (exact) mass is 890 g/mol. The van der Waals surface area contributed by atoms with Gasteiger partial charge in [-0.2, -0.15) is 0 Å². The fraction of sp³-hybridized carbons (Fsp3) is 0.900. The van der Waals surface area contributed by atoms with Crippen molar-refractivity contribution in [2.45, 2.75) is 143 Å². The number of hydrogen-bond donors (Lipinski definition) is 13. The van der Waals surface area contributed by atoms with Gasteiger partial charge in [0.25, 0.3) is 0 Å². The first-order chi connectivity index (χ1) is 27.1. The molecule has 0 spiro atoms. The Morgan fingerprint density at radius 3 is 1.37 bits per heavy atom. The minimum Gasteiger partial charge on any atom is -0.726 e. The van der Waals surface area contributed by atoms with Crippen LogP contribution in [0, 0.1) is 0 Å². The number of hydrogen-bond acceptors (Lipinski definition) is 24. The second-order valence-electron chi connectivity index (χ2n) is 13.9. The van der Waals surface area contributed by atoms with Gasteiger partial charge >= 0.3 is 29.6 Å². The van der Waals surface area contributed by atoms with E-state index in [0.717, 1.165) is 20.8 Å². The third-order valence-corrected chi connectivity index (χ3v) is 10.1. The van der Waals surface area contributed by atoms with E-state index in [1.165, 1.54) is 0 Å². The Morgan fingerprint density at radius 2 is 0.966 bits per heavy atom. The summed E-state index contributed by atoms with van der Waals surface area (Å²) in [6, 6.07) is -6.44. The van der Waals surface area contributed by atoms with Crippen LogP contribution in [-0.4, -0.2) is 226 Å². The minimum absolute atomic E-state index is 0. The predicted molar refractivity (Wildman–Crippen MR) is 179 cm³/mol. The summed E-state index contributed by atoms with van der Waals surface area (Å²) < 4.78 is 78.1. The van der Waals surface area contributed by atoms with Gasteiger partial charge in [0, 0.05) is 20.8 Å². The topological polar surface area (TPSA) is 426 Å². The maximum absolute atomic E-state index is 12.4. The zero-order chi connectivity index (χ0) is 43.4. The number of nitrogens with one attached hydrogen (secondary N) is 3. The van der Waals surface area contributed by atoms with Crippen LogP contribution in [0.3, 0.4) is 0 Å². The molecule has 0 aromatic rings. The molecule has 1 unspecified atom stereocenters. The van der Waals surface area contributed by atoms with Crippen molar-refractivity contribution >= 4 is 28.1 Å². The van der Waals surface area contributed by atoms with E-state index in [2.05, 4.69) is 20.1 Å². The van der Waals surface area contributed by atoms with E-state index in [4.69, 9.17) is 38.9 Å². The van der Waals surface area contributed by atoms with E-state index in [0.29, 0.717) is 0 Å². The minimum atomic E-state index is -5.38. The van der Waals surface area contributed by atoms with E-state index < -0.39 is 177 Å². The van der Waals surface area contributed by atoms with Crippen LogP contribution in [0.5, 0.6) is 0 Å². The third-order valence-electron chi connectivity index (χ3n) is 9.69. The molecule has 3 amide bonds. The summed E-state index contributed by atoms with van der Waals surface area (Å²) >= 11 is 0. The van der Waals surface area contributed by atoms with Gasteiger partial charge < -0.3 is 105 Å². The molecule has 4 saturated heterocycles. The second-order valence-corrected chi connectivity index (χ2v) is 15.0. The van der Waals surface area contributed by atoms with E-state index in [-0.39, 0.29) is 29.6 Å². The van der Waals surface area contributed by atoms with Crippen LogP contribution in [0.4, 0.5) is 0 Å². The fourth-order valence-corrected chi connectivity index (χ4v) is 7.25. The van der Waals surface area contributed by atoms with Crippen LogP contribution < -0.4 is 51.2 Å². The summed E-state index contributed by atoms with van der Waals surface area (Å²) in [6.07, 6.45) is -28.2. The fourth-order valence-electron chi connectivity index (χ4n) is 6.95. The van der Waals surface area contributed by atoms with Crippen LogP contribution in [0.1, 0.15) is 20.8 Å². The first kappa shape index (κ1) is 51.9. The van der Waals surface area contributed by atoms with Crippen molar-refractivity contribution in [1.82, 2.24) is 16.0 Å². The van der Waals surface area contributed by atoms with Gasteiger partial charge in [-0.25, -0.2) is 8.42 Å². The van der Waals surface area contributed by atoms with Gasteiger partial charge in [0.05, 0.1) is 32.5 Å². The van der Waals surface area contributed by atoms with Crippen LogP contribution in [0.2, 0.25) is 0 Å². The third kappa shape index (κ3) is 12.8. The molecule has 59 heavy (non-hydrogen) atoms. The van der Waals surface area contributed by atoms with Gasteiger partial charge in [0.15, 0.2) is 25.2 Å². The first-order valence-electron chi connectivity index (χ1n) is 17.8. The molecule has 29 heteroatoms. The Kier molecular flexibility index (Phi) is 19.6. The van der Waals surface area contributed by atoms with E-state index in [1.807, 2.05) is 0 Å². The molecule has 4 aliphatic rings. The second kappa shape index (κ2) is 22.3. The smallest absolute Gasteiger partial charge is 0.726 e. The van der Waals surface area contributed by atoms with Crippen molar-refractivity contribution in [2.75, 3.05) is 26.4 Å². The Labute approximate surface area is 358 Å². The van der Waals surface area contributed by atoms with Gasteiger partial charge in [-0.15, -0.1) is 0 Å². The number of ether oxygens (including phenoxy) is 7. The average molecular weight is 891 g/mol. The Balaban J connectivity index is 0.00000930. The van der Waals surface area contributed by atoms with Crippen LogP contribution in [-0.2, 0) is 62.1 Å². The number of aliphatic hydroxyl groups is 9. The number of nitrogens with two attached hydrogens (primary N) is 1. The average Bonchev–Trinajstić information content (AvgIpc) is 3.14. The van der Waals surface area contributed by atoms with Gasteiger partial charge in [0.1, 0.15) is 91.4 Å². The van der Waals surface area contributed by atoms with Crippen molar-refractivity contribution in [2.24, 2.45) is 5.73 Å². The molecule has 4 rings (SSSR count). The first-order valence-corrected chi connectivity index (χ1v) is 19.1. The molecule has 0 saturated carbocycles. The Bertz CT molecular complexity index is 1510. The van der Waals surface area contributed by atoms with E-state index in [1.54, 1.807) is 0 Å². The van der Waals surface area contributed by atoms with Gasteiger partial charge in [0.2, 0.25) is 28.1 Å². The van der Waals surface area contributed by atoms with Gasteiger partial charge in [-0.3, -0.25) is 18.6 Å². The molecule has 4 aliphatic heterocycles. The van der Waals surface area contributed by atoms with E-state index >= 15 is 0 Å². The van der Waals surface area contributed by atoms with Crippen molar-refractivity contribution in [3.05, 3.63) is 0 Å². The normalized spacial score (nSPS) is 42.9. The Hall–Kier alpha value is -1.40. The number of carbonyl (C=O) groups excluding carboxylic acids is 3. The maximum atomic E-state index is 12.4. The molecule has 336 valence electrons. The summed E-state index contributed by atoms with van der Waals surface area (Å²) in [6.45, 7) is -0.755. The standard InChI is InChI=1S/C30H52N4O23S.Na/c1-8(38)32-16-21(43)26(14(51-27(16)46)7-50-58(47,48)49)57-30-18(34-10(3)40)23(45)25(13(6-37)54-30)56-29-17(33-9(2)39)22(44)24(12(5-36)53-29)55-28-15(31)20(42)19(41)11(4-35)52-28;/h11-30,35-37,41-46H,4-7,31H2,1-3H3,(H,32,38)(H,33,39)(H,34,40)(H,47,48,49);/q;+1/p-1/t11-,12-,13-,14-,15-,16-,17-,18-,19-,20-,21-,22-,23-,24-,25-,26-,27?,28+,29+,30+;/m1./s1. The van der Waals surface area contributed by atoms with Crippen LogP contribution >= 0.6 is 0 Å². The maximum Gasteiger partial charge on any atom is 1.00 e. The summed E-state index contributed by atoms with van der Waals surface area (Å²) in [5.41, 5.74) is 5.97. The molecule has 0 aromatic heterocycles. The Morgan fingerprint density at radius 1 is 0.593 bits per heavy atom. The quantitative estimate of drug-likeness (QED) is 0.0412. The molecule has 20 atom stereocenters. The molecule has 0 aromatic carbocycles. The molecule has 0 aliphatic carbocycles. The van der Waals surface area contributed by atoms with Crippen LogP contribution in [0.25, 0.3) is 0 Å². The number of aliphatic hydroxyl groups excluding tert-OH is 9. The summed E-state index contributed by atoms with van der Waals surface area (Å²) in [5.74, 6) is -2.36. The molecule has 14 N–H and O–H groups in total. The van der Waals surface area contributed by atoms with Crippen molar-refractivity contribution in [3.63, 3.8) is 0 Å². The number of rotatable bonds is 15. The largest absolute Gasteiger partial charge is 1.00 e. The zero-order valence-electron chi connectivity index (χ0n) is 32.1. The van der Waals surface area contributed by atoms with Crippen LogP contribution in [0.15, 0.2) is 0 Å². The summed E-state index contributed by atoms with van der Waals surface area (Å²) in [7, 11) is -5.38. The molecular formula is C30H51N4NaO23S. The van der Waals surface area contributed by atoms with E-state index in [9.17, 15) is 73.3 Å². The molecule has 0 bridgehead atoms. The summed E-state index contributed by atoms with van der Waals surface area (Å²) in [5, 5.41) is 103.